The van der Waals surface area contributed by atoms with Gasteiger partial charge in [0, 0.05) is 12.6 Å². The third kappa shape index (κ3) is 8.70. The minimum Gasteiger partial charge on any atom is -0.330 e. The van der Waals surface area contributed by atoms with Crippen molar-refractivity contribution in [2.24, 2.45) is 5.73 Å². The fraction of sp³-hybridized carbons (Fsp3) is 0.647. The molecule has 1 rings (SSSR count). The van der Waals surface area contributed by atoms with Crippen LogP contribution in [0.4, 0.5) is 5.69 Å². The van der Waals surface area contributed by atoms with Crippen LogP contribution in [0, 0.1) is 10.1 Å². The predicted octanol–water partition coefficient (Wildman–Crippen LogP) is 2.15. The van der Waals surface area contributed by atoms with Crippen LogP contribution in [0.15, 0.2) is 29.2 Å². The molecule has 1 aromatic carbocycles. The van der Waals surface area contributed by atoms with Gasteiger partial charge in [0.1, 0.15) is 0 Å². The number of sulfonamides is 1. The maximum absolute atomic E-state index is 12.2. The Morgan fingerprint density at radius 2 is 1.54 bits per heavy atom. The van der Waals surface area contributed by atoms with Crippen LogP contribution in [-0.4, -0.2) is 39.5 Å². The summed E-state index contributed by atoms with van der Waals surface area (Å²) in [5.74, 6) is 0. The summed E-state index contributed by atoms with van der Waals surface area (Å²) in [4.78, 5) is 9.95. The summed E-state index contributed by atoms with van der Waals surface area (Å²) in [6.07, 6.45) is 7.65. The second-order valence-electron chi connectivity index (χ2n) is 6.14. The zero-order chi connectivity index (χ0) is 19.3. The molecule has 0 unspecified atom stereocenters. The summed E-state index contributed by atoms with van der Waals surface area (Å²) < 4.78 is 26.8. The van der Waals surface area contributed by atoms with E-state index >= 15 is 0 Å². The zero-order valence-corrected chi connectivity index (χ0v) is 16.0. The summed E-state index contributed by atoms with van der Waals surface area (Å²) in [5.41, 5.74) is 5.03. The lowest BCUT2D eigenvalue weighted by atomic mass is 10.1. The van der Waals surface area contributed by atoms with E-state index in [2.05, 4.69) is 10.0 Å². The third-order valence-electron chi connectivity index (χ3n) is 3.98. The Labute approximate surface area is 155 Å². The Morgan fingerprint density at radius 3 is 2.23 bits per heavy atom. The van der Waals surface area contributed by atoms with Crippen molar-refractivity contribution in [3.05, 3.63) is 34.4 Å². The Bertz CT molecular complexity index is 637. The van der Waals surface area contributed by atoms with Crippen molar-refractivity contribution in [2.75, 3.05) is 26.2 Å². The van der Waals surface area contributed by atoms with Crippen molar-refractivity contribution in [3.63, 3.8) is 0 Å². The molecule has 0 fully saturated rings. The Hall–Kier alpha value is -1.55. The van der Waals surface area contributed by atoms with Crippen LogP contribution in [0.2, 0.25) is 0 Å². The molecular weight excluding hydrogens is 356 g/mol. The molecule has 4 N–H and O–H groups in total. The number of hydrogen-bond acceptors (Lipinski definition) is 6. The van der Waals surface area contributed by atoms with Gasteiger partial charge in [-0.1, -0.05) is 37.8 Å². The van der Waals surface area contributed by atoms with Crippen LogP contribution < -0.4 is 15.8 Å². The lowest BCUT2D eigenvalue weighted by molar-refractivity contribution is -0.387. The molecule has 0 saturated carbocycles. The van der Waals surface area contributed by atoms with E-state index in [1.165, 1.54) is 49.9 Å². The summed E-state index contributed by atoms with van der Waals surface area (Å²) in [7, 11) is -3.88. The number of para-hydroxylation sites is 1. The van der Waals surface area contributed by atoms with Crippen LogP contribution in [0.1, 0.15) is 44.9 Å². The second-order valence-corrected chi connectivity index (χ2v) is 7.87. The van der Waals surface area contributed by atoms with E-state index in [1.807, 2.05) is 0 Å². The molecule has 0 aliphatic rings. The summed E-state index contributed by atoms with van der Waals surface area (Å²) in [6.45, 7) is 2.61. The average molecular weight is 387 g/mol. The van der Waals surface area contributed by atoms with Crippen molar-refractivity contribution in [3.8, 4) is 0 Å². The number of unbranched alkanes of at least 4 members (excludes halogenated alkanes) is 5. The van der Waals surface area contributed by atoms with Crippen LogP contribution in [0.5, 0.6) is 0 Å². The predicted molar refractivity (Wildman–Crippen MR) is 103 cm³/mol. The van der Waals surface area contributed by atoms with Gasteiger partial charge in [-0.3, -0.25) is 10.1 Å². The number of hydrogen-bond donors (Lipinski definition) is 3. The number of benzene rings is 1. The molecule has 0 spiro atoms. The SMILES string of the molecule is NCCCCCCCCNCCCNS(=O)(=O)c1ccccc1[N+](=O)[O-]. The van der Waals surface area contributed by atoms with Gasteiger partial charge in [0.05, 0.1) is 4.92 Å². The second kappa shape index (κ2) is 12.7. The Morgan fingerprint density at radius 1 is 0.923 bits per heavy atom. The monoisotopic (exact) mass is 386 g/mol. The van der Waals surface area contributed by atoms with Gasteiger partial charge >= 0.3 is 0 Å². The van der Waals surface area contributed by atoms with Crippen molar-refractivity contribution in [1.29, 1.82) is 0 Å². The van der Waals surface area contributed by atoms with Crippen LogP contribution >= 0.6 is 0 Å². The van der Waals surface area contributed by atoms with E-state index in [1.54, 1.807) is 0 Å². The first kappa shape index (κ1) is 22.5. The molecule has 0 heterocycles. The van der Waals surface area contributed by atoms with Gasteiger partial charge in [-0.25, -0.2) is 13.1 Å². The highest BCUT2D eigenvalue weighted by atomic mass is 32.2. The standard InChI is InChI=1S/C17H30N4O4S/c18-12-7-3-1-2-4-8-13-19-14-9-15-20-26(24,25)17-11-6-5-10-16(17)21(22)23/h5-6,10-11,19-20H,1-4,7-9,12-15,18H2. The number of nitro benzene ring substituents is 1. The maximum Gasteiger partial charge on any atom is 0.289 e. The molecular formula is C17H30N4O4S. The molecule has 0 aliphatic carbocycles. The van der Waals surface area contributed by atoms with Crippen LogP contribution in [0.25, 0.3) is 0 Å². The molecule has 148 valence electrons. The number of nitro groups is 1. The van der Waals surface area contributed by atoms with Gasteiger partial charge in [0.2, 0.25) is 10.0 Å². The largest absolute Gasteiger partial charge is 0.330 e. The molecule has 8 nitrogen and oxygen atoms in total. The topological polar surface area (TPSA) is 127 Å². The quantitative estimate of drug-likeness (QED) is 0.241. The molecule has 0 amide bonds. The molecule has 0 bridgehead atoms. The molecule has 0 aromatic heterocycles. The van der Waals surface area contributed by atoms with Gasteiger partial charge in [0.15, 0.2) is 4.90 Å². The van der Waals surface area contributed by atoms with Gasteiger partial charge in [0.25, 0.3) is 5.69 Å². The van der Waals surface area contributed by atoms with Crippen molar-refractivity contribution < 1.29 is 13.3 Å². The van der Waals surface area contributed by atoms with E-state index in [0.717, 1.165) is 25.9 Å². The first-order valence-electron chi connectivity index (χ1n) is 9.13. The number of nitrogens with two attached hydrogens (primary N) is 1. The van der Waals surface area contributed by atoms with E-state index in [-0.39, 0.29) is 11.4 Å². The summed E-state index contributed by atoms with van der Waals surface area (Å²) >= 11 is 0. The van der Waals surface area contributed by atoms with Gasteiger partial charge in [-0.2, -0.15) is 0 Å². The Kier molecular flexibility index (Phi) is 11.0. The molecule has 26 heavy (non-hydrogen) atoms. The third-order valence-corrected chi connectivity index (χ3v) is 5.49. The van der Waals surface area contributed by atoms with E-state index in [0.29, 0.717) is 13.0 Å². The molecule has 9 heteroatoms. The van der Waals surface area contributed by atoms with Crippen LogP contribution in [-0.2, 0) is 10.0 Å². The Balaban J connectivity index is 2.17. The van der Waals surface area contributed by atoms with Gasteiger partial charge in [-0.05, 0) is 45.0 Å². The zero-order valence-electron chi connectivity index (χ0n) is 15.2. The summed E-state index contributed by atoms with van der Waals surface area (Å²) in [6, 6.07) is 5.34. The number of nitrogens with one attached hydrogen (secondary N) is 2. The fourth-order valence-corrected chi connectivity index (χ4v) is 3.80. The number of rotatable bonds is 15. The molecule has 0 radical (unpaired) electrons. The first-order valence-corrected chi connectivity index (χ1v) is 10.6. The number of nitrogens with zero attached hydrogens (tertiary/aromatic N) is 1. The van der Waals surface area contributed by atoms with E-state index < -0.39 is 20.6 Å². The minimum absolute atomic E-state index is 0.237. The van der Waals surface area contributed by atoms with E-state index in [9.17, 15) is 18.5 Å². The molecule has 0 atom stereocenters. The highest BCUT2D eigenvalue weighted by Crippen LogP contribution is 2.22. The van der Waals surface area contributed by atoms with Crippen LogP contribution in [0.3, 0.4) is 0 Å². The van der Waals surface area contributed by atoms with E-state index in [4.69, 9.17) is 5.73 Å². The highest BCUT2D eigenvalue weighted by molar-refractivity contribution is 7.89. The van der Waals surface area contributed by atoms with Crippen molar-refractivity contribution in [1.82, 2.24) is 10.0 Å². The molecule has 0 saturated heterocycles. The smallest absolute Gasteiger partial charge is 0.289 e. The fourth-order valence-electron chi connectivity index (χ4n) is 2.56. The highest BCUT2D eigenvalue weighted by Gasteiger charge is 2.24. The summed E-state index contributed by atoms with van der Waals surface area (Å²) in [5, 5.41) is 14.2. The maximum atomic E-state index is 12.2. The lowest BCUT2D eigenvalue weighted by Crippen LogP contribution is -2.28. The van der Waals surface area contributed by atoms with Crippen molar-refractivity contribution in [2.45, 2.75) is 49.8 Å². The lowest BCUT2D eigenvalue weighted by Gasteiger charge is -2.08. The van der Waals surface area contributed by atoms with Gasteiger partial charge in [-0.15, -0.1) is 0 Å². The normalized spacial score (nSPS) is 11.6. The molecule has 1 aromatic rings. The molecule has 0 aliphatic heterocycles. The average Bonchev–Trinajstić information content (AvgIpc) is 2.62. The minimum atomic E-state index is -3.88. The first-order chi connectivity index (χ1) is 12.5. The van der Waals surface area contributed by atoms with Crippen molar-refractivity contribution >= 4 is 15.7 Å². The van der Waals surface area contributed by atoms with Gasteiger partial charge < -0.3 is 11.1 Å².